The lowest BCUT2D eigenvalue weighted by atomic mass is 9.96. The number of carboxylic acid groups (broad SMARTS) is 1. The summed E-state index contributed by atoms with van der Waals surface area (Å²) in [5.74, 6) is 1.17. The fourth-order valence-corrected chi connectivity index (χ4v) is 3.85. The first-order chi connectivity index (χ1) is 11.6. The van der Waals surface area contributed by atoms with Crippen LogP contribution in [0.1, 0.15) is 63.4 Å². The van der Waals surface area contributed by atoms with E-state index in [9.17, 15) is 9.90 Å². The second kappa shape index (κ2) is 7.29. The monoisotopic (exact) mass is 330 g/mol. The van der Waals surface area contributed by atoms with E-state index in [-0.39, 0.29) is 0 Å². The summed E-state index contributed by atoms with van der Waals surface area (Å²) in [6.45, 7) is 1.71. The van der Waals surface area contributed by atoms with Gasteiger partial charge in [-0.2, -0.15) is 0 Å². The van der Waals surface area contributed by atoms with Gasteiger partial charge in [0.25, 0.3) is 0 Å². The van der Waals surface area contributed by atoms with Gasteiger partial charge in [0.15, 0.2) is 11.5 Å². The van der Waals surface area contributed by atoms with Gasteiger partial charge in [0.05, 0.1) is 13.2 Å². The number of hydrogen-bond acceptors (Lipinski definition) is 3. The lowest BCUT2D eigenvalue weighted by Gasteiger charge is -2.18. The Morgan fingerprint density at radius 3 is 2.58 bits per heavy atom. The molecule has 130 valence electrons. The van der Waals surface area contributed by atoms with Gasteiger partial charge in [0.2, 0.25) is 0 Å². The molecular formula is C20H26O4. The molecule has 0 aromatic heterocycles. The minimum atomic E-state index is -0.800. The fourth-order valence-electron chi connectivity index (χ4n) is 3.85. The number of carbonyl (C=O) groups is 1. The van der Waals surface area contributed by atoms with Crippen molar-refractivity contribution in [2.24, 2.45) is 0 Å². The summed E-state index contributed by atoms with van der Waals surface area (Å²) in [4.78, 5) is 11.2. The molecule has 0 bridgehead atoms. The number of ether oxygens (including phenoxy) is 2. The summed E-state index contributed by atoms with van der Waals surface area (Å²) in [7, 11) is 1.67. The summed E-state index contributed by atoms with van der Waals surface area (Å²) >= 11 is 0. The molecule has 1 atom stereocenters. The molecule has 2 fully saturated rings. The largest absolute Gasteiger partial charge is 0.493 e. The molecule has 0 amide bonds. The van der Waals surface area contributed by atoms with Crippen molar-refractivity contribution in [1.82, 2.24) is 0 Å². The maximum atomic E-state index is 11.2. The van der Waals surface area contributed by atoms with Crippen LogP contribution in [0.3, 0.4) is 0 Å². The Hall–Kier alpha value is -1.97. The van der Waals surface area contributed by atoms with Crippen molar-refractivity contribution in [2.75, 3.05) is 7.11 Å². The molecule has 2 saturated carbocycles. The topological polar surface area (TPSA) is 55.8 Å². The Labute approximate surface area is 143 Å². The number of carboxylic acids is 1. The summed E-state index contributed by atoms with van der Waals surface area (Å²) in [6.07, 6.45) is 7.68. The van der Waals surface area contributed by atoms with Gasteiger partial charge in [0, 0.05) is 5.57 Å². The Kier molecular flexibility index (Phi) is 5.12. The Bertz CT molecular complexity index is 641. The molecule has 3 rings (SSSR count). The summed E-state index contributed by atoms with van der Waals surface area (Å²) in [6, 6.07) is 6.16. The first-order valence-electron chi connectivity index (χ1n) is 8.85. The summed E-state index contributed by atoms with van der Waals surface area (Å²) in [5.41, 5.74) is 2.80. The van der Waals surface area contributed by atoms with Crippen LogP contribution in [-0.4, -0.2) is 24.3 Å². The smallest absolute Gasteiger partial charge is 0.331 e. The lowest BCUT2D eigenvalue weighted by Crippen LogP contribution is -2.12. The third-order valence-electron chi connectivity index (χ3n) is 5.39. The van der Waals surface area contributed by atoms with Crippen LogP contribution >= 0.6 is 0 Å². The van der Waals surface area contributed by atoms with Crippen molar-refractivity contribution < 1.29 is 19.4 Å². The maximum Gasteiger partial charge on any atom is 0.331 e. The Morgan fingerprint density at radius 1 is 1.17 bits per heavy atom. The van der Waals surface area contributed by atoms with Gasteiger partial charge in [-0.25, -0.2) is 4.79 Å². The van der Waals surface area contributed by atoms with Crippen LogP contribution in [0.25, 0.3) is 0 Å². The normalized spacial score (nSPS) is 23.3. The van der Waals surface area contributed by atoms with E-state index in [1.54, 1.807) is 14.0 Å². The molecule has 0 heterocycles. The number of benzene rings is 1. The molecule has 2 aliphatic rings. The molecule has 4 heteroatoms. The predicted molar refractivity (Wildman–Crippen MR) is 92.8 cm³/mol. The van der Waals surface area contributed by atoms with E-state index in [0.717, 1.165) is 49.2 Å². The molecule has 1 unspecified atom stereocenters. The van der Waals surface area contributed by atoms with E-state index in [1.807, 2.05) is 6.07 Å². The molecule has 0 radical (unpaired) electrons. The third-order valence-corrected chi connectivity index (χ3v) is 5.39. The molecule has 0 spiro atoms. The molecular weight excluding hydrogens is 304 g/mol. The van der Waals surface area contributed by atoms with Crippen LogP contribution in [0.15, 0.2) is 29.3 Å². The van der Waals surface area contributed by atoms with Crippen molar-refractivity contribution in [2.45, 2.75) is 63.9 Å². The maximum absolute atomic E-state index is 11.2. The Balaban J connectivity index is 1.79. The van der Waals surface area contributed by atoms with Gasteiger partial charge in [-0.3, -0.25) is 0 Å². The Morgan fingerprint density at radius 2 is 1.92 bits per heavy atom. The van der Waals surface area contributed by atoms with Gasteiger partial charge in [-0.1, -0.05) is 11.6 Å². The second-order valence-corrected chi connectivity index (χ2v) is 6.91. The molecule has 0 aliphatic heterocycles. The highest BCUT2D eigenvalue weighted by molar-refractivity contribution is 5.86. The van der Waals surface area contributed by atoms with E-state index >= 15 is 0 Å². The van der Waals surface area contributed by atoms with Gasteiger partial charge >= 0.3 is 5.97 Å². The fraction of sp³-hybridized carbons (Fsp3) is 0.550. The summed E-state index contributed by atoms with van der Waals surface area (Å²) in [5, 5.41) is 9.18. The van der Waals surface area contributed by atoms with E-state index in [1.165, 1.54) is 18.4 Å². The third kappa shape index (κ3) is 3.58. The number of rotatable bonds is 5. The van der Waals surface area contributed by atoms with E-state index in [2.05, 4.69) is 12.1 Å². The van der Waals surface area contributed by atoms with Gasteiger partial charge < -0.3 is 14.6 Å². The SMILES string of the molecule is COc1ccc(C2CC/C(=C(\C)C(=O)O)C2)cc1OC1CCCC1. The molecule has 24 heavy (non-hydrogen) atoms. The molecule has 1 aromatic carbocycles. The zero-order valence-corrected chi connectivity index (χ0v) is 14.5. The number of hydrogen-bond donors (Lipinski definition) is 1. The molecule has 2 aliphatic carbocycles. The van der Waals surface area contributed by atoms with E-state index in [0.29, 0.717) is 17.6 Å². The van der Waals surface area contributed by atoms with Crippen LogP contribution in [0.2, 0.25) is 0 Å². The van der Waals surface area contributed by atoms with Crippen molar-refractivity contribution in [3.63, 3.8) is 0 Å². The average molecular weight is 330 g/mol. The van der Waals surface area contributed by atoms with Crippen LogP contribution in [-0.2, 0) is 4.79 Å². The quantitative estimate of drug-likeness (QED) is 0.796. The zero-order valence-electron chi connectivity index (χ0n) is 14.5. The highest BCUT2D eigenvalue weighted by atomic mass is 16.5. The van der Waals surface area contributed by atoms with Gasteiger partial charge in [0.1, 0.15) is 0 Å². The zero-order chi connectivity index (χ0) is 17.1. The summed E-state index contributed by atoms with van der Waals surface area (Å²) < 4.78 is 11.6. The molecule has 0 saturated heterocycles. The number of allylic oxidation sites excluding steroid dienone is 1. The van der Waals surface area contributed by atoms with Crippen LogP contribution in [0, 0.1) is 0 Å². The van der Waals surface area contributed by atoms with Crippen LogP contribution in [0.4, 0.5) is 0 Å². The van der Waals surface area contributed by atoms with Crippen LogP contribution < -0.4 is 9.47 Å². The van der Waals surface area contributed by atoms with Gasteiger partial charge in [-0.05, 0) is 75.5 Å². The van der Waals surface area contributed by atoms with Crippen molar-refractivity contribution in [1.29, 1.82) is 0 Å². The lowest BCUT2D eigenvalue weighted by molar-refractivity contribution is -0.132. The highest BCUT2D eigenvalue weighted by Crippen LogP contribution is 2.42. The van der Waals surface area contributed by atoms with E-state index < -0.39 is 5.97 Å². The number of methoxy groups -OCH3 is 1. The minimum absolute atomic E-state index is 0.294. The first kappa shape index (κ1) is 16.9. The molecule has 1 N–H and O–H groups in total. The second-order valence-electron chi connectivity index (χ2n) is 6.91. The van der Waals surface area contributed by atoms with E-state index in [4.69, 9.17) is 9.47 Å². The predicted octanol–water partition coefficient (Wildman–Crippen LogP) is 4.69. The highest BCUT2D eigenvalue weighted by Gasteiger charge is 2.26. The van der Waals surface area contributed by atoms with Crippen molar-refractivity contribution in [3.8, 4) is 11.5 Å². The molecule has 1 aromatic rings. The average Bonchev–Trinajstić information content (AvgIpc) is 3.25. The first-order valence-corrected chi connectivity index (χ1v) is 8.85. The standard InChI is InChI=1S/C20H26O4/c1-13(20(21)22)14-7-8-15(11-14)16-9-10-18(23-2)19(12-16)24-17-5-3-4-6-17/h9-10,12,15,17H,3-8,11H2,1-2H3,(H,21,22)/b14-13-. The number of aliphatic carboxylic acids is 1. The van der Waals surface area contributed by atoms with Gasteiger partial charge in [-0.15, -0.1) is 0 Å². The van der Waals surface area contributed by atoms with Crippen molar-refractivity contribution in [3.05, 3.63) is 34.9 Å². The molecule has 4 nitrogen and oxygen atoms in total. The van der Waals surface area contributed by atoms with Crippen molar-refractivity contribution >= 4 is 5.97 Å². The minimum Gasteiger partial charge on any atom is -0.493 e. The van der Waals surface area contributed by atoms with Crippen LogP contribution in [0.5, 0.6) is 11.5 Å².